The first-order valence-electron chi connectivity index (χ1n) is 4.64. The Balaban J connectivity index is 2.35. The number of aryl methyl sites for hydroxylation is 1. The Labute approximate surface area is 89.9 Å². The standard InChI is InChI=1S/C9H8N6O/c1-5-4-16-14-7(5)8-11-3-2-6-12-9(10)13-15(6)8/h2-4H,1H3,(H2,10,13). The van der Waals surface area contributed by atoms with Crippen LogP contribution in [-0.4, -0.2) is 24.7 Å². The zero-order valence-corrected chi connectivity index (χ0v) is 8.45. The van der Waals surface area contributed by atoms with Gasteiger partial charge in [-0.25, -0.2) is 4.98 Å². The van der Waals surface area contributed by atoms with Crippen LogP contribution in [0.5, 0.6) is 0 Å². The zero-order valence-electron chi connectivity index (χ0n) is 8.45. The fraction of sp³-hybridized carbons (Fsp3) is 0.111. The second-order valence-electron chi connectivity index (χ2n) is 3.35. The molecule has 0 unspecified atom stereocenters. The number of hydrogen-bond donors (Lipinski definition) is 1. The topological polar surface area (TPSA) is 95.1 Å². The lowest BCUT2D eigenvalue weighted by molar-refractivity contribution is 0.421. The lowest BCUT2D eigenvalue weighted by Crippen LogP contribution is -1.98. The zero-order chi connectivity index (χ0) is 11.1. The van der Waals surface area contributed by atoms with Gasteiger partial charge in [0.1, 0.15) is 6.26 Å². The summed E-state index contributed by atoms with van der Waals surface area (Å²) >= 11 is 0. The van der Waals surface area contributed by atoms with Gasteiger partial charge in [0.05, 0.1) is 0 Å². The minimum absolute atomic E-state index is 0.204. The van der Waals surface area contributed by atoms with Gasteiger partial charge in [0, 0.05) is 17.8 Å². The van der Waals surface area contributed by atoms with Crippen molar-refractivity contribution in [3.05, 3.63) is 24.1 Å². The number of fused-ring (bicyclic) bond motifs is 1. The first kappa shape index (κ1) is 8.84. The van der Waals surface area contributed by atoms with E-state index in [2.05, 4.69) is 20.2 Å². The first-order valence-corrected chi connectivity index (χ1v) is 4.64. The van der Waals surface area contributed by atoms with Crippen molar-refractivity contribution >= 4 is 11.6 Å². The van der Waals surface area contributed by atoms with E-state index >= 15 is 0 Å². The van der Waals surface area contributed by atoms with Gasteiger partial charge in [0.25, 0.3) is 0 Å². The summed E-state index contributed by atoms with van der Waals surface area (Å²) in [5, 5.41) is 7.93. The molecule has 0 aliphatic rings. The van der Waals surface area contributed by atoms with Crippen molar-refractivity contribution in [3.63, 3.8) is 0 Å². The molecule has 3 rings (SSSR count). The molecule has 0 saturated carbocycles. The Bertz CT molecular complexity index is 655. The summed E-state index contributed by atoms with van der Waals surface area (Å²) in [6.45, 7) is 1.88. The van der Waals surface area contributed by atoms with Crippen molar-refractivity contribution in [2.45, 2.75) is 6.92 Å². The van der Waals surface area contributed by atoms with Crippen LogP contribution in [-0.2, 0) is 0 Å². The molecule has 3 heterocycles. The highest BCUT2D eigenvalue weighted by molar-refractivity contribution is 5.57. The van der Waals surface area contributed by atoms with Crippen LogP contribution in [0.3, 0.4) is 0 Å². The normalized spacial score (nSPS) is 11.1. The molecule has 0 saturated heterocycles. The fourth-order valence-corrected chi connectivity index (χ4v) is 1.50. The third-order valence-electron chi connectivity index (χ3n) is 2.23. The molecule has 80 valence electrons. The summed E-state index contributed by atoms with van der Waals surface area (Å²) < 4.78 is 6.41. The molecular weight excluding hydrogens is 208 g/mol. The van der Waals surface area contributed by atoms with Crippen molar-refractivity contribution in [2.75, 3.05) is 5.73 Å². The second kappa shape index (κ2) is 3.02. The van der Waals surface area contributed by atoms with Crippen molar-refractivity contribution in [3.8, 4) is 11.5 Å². The van der Waals surface area contributed by atoms with E-state index in [4.69, 9.17) is 10.3 Å². The van der Waals surface area contributed by atoms with Gasteiger partial charge in [-0.15, -0.1) is 5.10 Å². The van der Waals surface area contributed by atoms with Crippen LogP contribution < -0.4 is 5.73 Å². The van der Waals surface area contributed by atoms with E-state index in [9.17, 15) is 0 Å². The van der Waals surface area contributed by atoms with Gasteiger partial charge in [-0.1, -0.05) is 5.16 Å². The van der Waals surface area contributed by atoms with Crippen LogP contribution in [0.15, 0.2) is 23.0 Å². The van der Waals surface area contributed by atoms with Crippen molar-refractivity contribution in [2.24, 2.45) is 0 Å². The summed E-state index contributed by atoms with van der Waals surface area (Å²) in [4.78, 5) is 8.25. The Morgan fingerprint density at radius 2 is 2.31 bits per heavy atom. The van der Waals surface area contributed by atoms with Gasteiger partial charge in [-0.3, -0.25) is 0 Å². The summed E-state index contributed by atoms with van der Waals surface area (Å²) in [6, 6.07) is 1.72. The van der Waals surface area contributed by atoms with Crippen LogP contribution in [0.1, 0.15) is 5.56 Å². The highest BCUT2D eigenvalue weighted by atomic mass is 16.5. The van der Waals surface area contributed by atoms with Gasteiger partial charge in [0.2, 0.25) is 5.95 Å². The van der Waals surface area contributed by atoms with E-state index < -0.39 is 0 Å². The lowest BCUT2D eigenvalue weighted by atomic mass is 10.2. The van der Waals surface area contributed by atoms with Crippen LogP contribution in [0.2, 0.25) is 0 Å². The van der Waals surface area contributed by atoms with Gasteiger partial charge in [-0.2, -0.15) is 9.50 Å². The van der Waals surface area contributed by atoms with Crippen LogP contribution in [0.25, 0.3) is 17.2 Å². The van der Waals surface area contributed by atoms with E-state index in [-0.39, 0.29) is 5.95 Å². The molecule has 3 aromatic rings. The number of hydrogen-bond acceptors (Lipinski definition) is 6. The summed E-state index contributed by atoms with van der Waals surface area (Å²) in [5.74, 6) is 0.767. The Morgan fingerprint density at radius 1 is 1.44 bits per heavy atom. The summed E-state index contributed by atoms with van der Waals surface area (Å²) in [6.07, 6.45) is 3.18. The first-order chi connectivity index (χ1) is 7.75. The average molecular weight is 216 g/mol. The Kier molecular flexibility index (Phi) is 1.67. The summed E-state index contributed by atoms with van der Waals surface area (Å²) in [7, 11) is 0. The van der Waals surface area contributed by atoms with Crippen LogP contribution in [0, 0.1) is 6.92 Å². The van der Waals surface area contributed by atoms with Crippen LogP contribution in [0.4, 0.5) is 5.95 Å². The molecule has 0 amide bonds. The predicted molar refractivity (Wildman–Crippen MR) is 55.4 cm³/mol. The smallest absolute Gasteiger partial charge is 0.240 e. The molecule has 3 aromatic heterocycles. The molecule has 0 fully saturated rings. The van der Waals surface area contributed by atoms with E-state index in [1.165, 1.54) is 0 Å². The van der Waals surface area contributed by atoms with Crippen molar-refractivity contribution < 1.29 is 4.52 Å². The molecule has 0 spiro atoms. The third kappa shape index (κ3) is 1.14. The number of rotatable bonds is 1. The largest absolute Gasteiger partial charge is 0.366 e. The quantitative estimate of drug-likeness (QED) is 0.642. The molecule has 16 heavy (non-hydrogen) atoms. The monoisotopic (exact) mass is 216 g/mol. The minimum atomic E-state index is 0.204. The molecule has 0 atom stereocenters. The molecular formula is C9H8N6O. The van der Waals surface area contributed by atoms with E-state index in [0.29, 0.717) is 17.2 Å². The highest BCUT2D eigenvalue weighted by Gasteiger charge is 2.13. The predicted octanol–water partition coefficient (Wildman–Crippen LogP) is 0.670. The molecule has 7 heteroatoms. The van der Waals surface area contributed by atoms with Gasteiger partial charge < -0.3 is 10.3 Å². The minimum Gasteiger partial charge on any atom is -0.366 e. The number of nitrogens with two attached hydrogens (primary N) is 1. The Morgan fingerprint density at radius 3 is 3.06 bits per heavy atom. The Hall–Kier alpha value is -2.44. The molecule has 7 nitrogen and oxygen atoms in total. The molecule has 0 aliphatic heterocycles. The van der Waals surface area contributed by atoms with E-state index in [1.54, 1.807) is 23.0 Å². The third-order valence-corrected chi connectivity index (χ3v) is 2.23. The maximum absolute atomic E-state index is 5.54. The van der Waals surface area contributed by atoms with Gasteiger partial charge in [0.15, 0.2) is 17.2 Å². The van der Waals surface area contributed by atoms with Gasteiger partial charge in [-0.05, 0) is 6.92 Å². The number of aromatic nitrogens is 5. The SMILES string of the molecule is Cc1conc1-c1nccc2nc(N)nn12. The van der Waals surface area contributed by atoms with Crippen molar-refractivity contribution in [1.29, 1.82) is 0 Å². The molecule has 0 aromatic carbocycles. The average Bonchev–Trinajstić information content (AvgIpc) is 2.82. The maximum atomic E-state index is 5.54. The summed E-state index contributed by atoms with van der Waals surface area (Å²) in [5.41, 5.74) is 7.68. The molecule has 0 radical (unpaired) electrons. The number of nitrogen functional groups attached to an aromatic ring is 1. The van der Waals surface area contributed by atoms with Gasteiger partial charge >= 0.3 is 0 Å². The molecule has 2 N–H and O–H groups in total. The number of nitrogens with zero attached hydrogens (tertiary/aromatic N) is 5. The fourth-order valence-electron chi connectivity index (χ4n) is 1.50. The van der Waals surface area contributed by atoms with E-state index in [1.807, 2.05) is 6.92 Å². The van der Waals surface area contributed by atoms with Crippen LogP contribution >= 0.6 is 0 Å². The highest BCUT2D eigenvalue weighted by Crippen LogP contribution is 2.19. The number of anilines is 1. The van der Waals surface area contributed by atoms with E-state index in [0.717, 1.165) is 5.56 Å². The van der Waals surface area contributed by atoms with Crippen molar-refractivity contribution in [1.82, 2.24) is 24.7 Å². The maximum Gasteiger partial charge on any atom is 0.240 e. The molecule has 0 bridgehead atoms. The lowest BCUT2D eigenvalue weighted by Gasteiger charge is -1.98. The second-order valence-corrected chi connectivity index (χ2v) is 3.35. The molecule has 0 aliphatic carbocycles.